The van der Waals surface area contributed by atoms with E-state index in [0.717, 1.165) is 5.56 Å². The van der Waals surface area contributed by atoms with Crippen LogP contribution in [0.5, 0.6) is 11.5 Å². The van der Waals surface area contributed by atoms with Gasteiger partial charge in [0.15, 0.2) is 11.5 Å². The van der Waals surface area contributed by atoms with Crippen LogP contribution in [0, 0.1) is 0 Å². The highest BCUT2D eigenvalue weighted by Gasteiger charge is 2.19. The van der Waals surface area contributed by atoms with Crippen molar-refractivity contribution < 1.29 is 24.2 Å². The highest BCUT2D eigenvalue weighted by Crippen LogP contribution is 2.32. The minimum Gasteiger partial charge on any atom is -0.485 e. The molecule has 0 bridgehead atoms. The summed E-state index contributed by atoms with van der Waals surface area (Å²) in [6.07, 6.45) is 0.834. The van der Waals surface area contributed by atoms with Crippen LogP contribution >= 0.6 is 0 Å². The molecule has 0 aliphatic carbocycles. The van der Waals surface area contributed by atoms with E-state index in [-0.39, 0.29) is 30.1 Å². The molecule has 2 rings (SSSR count). The quantitative estimate of drug-likeness (QED) is 0.623. The van der Waals surface area contributed by atoms with E-state index in [9.17, 15) is 14.7 Å². The van der Waals surface area contributed by atoms with Crippen LogP contribution in [0.4, 0.5) is 0 Å². The van der Waals surface area contributed by atoms with Gasteiger partial charge >= 0.3 is 11.9 Å². The summed E-state index contributed by atoms with van der Waals surface area (Å²) in [5.74, 6) is -1.46. The Balaban J connectivity index is 2.24. The monoisotopic (exact) mass is 314 g/mol. The van der Waals surface area contributed by atoms with Gasteiger partial charge in [-0.15, -0.1) is 0 Å². The standard InChI is InChI=1S/C18H18O5/c1-2-7-16(19)23-17-14(18(20)21)10-6-11-15(17)22-12-13-8-4-3-5-9-13/h3-6,8-11H,2,7,12H2,1H3,(H,20,21). The van der Waals surface area contributed by atoms with Gasteiger partial charge < -0.3 is 14.6 Å². The molecule has 2 aromatic carbocycles. The number of carbonyl (C=O) groups is 2. The molecule has 0 aliphatic heterocycles. The lowest BCUT2D eigenvalue weighted by Crippen LogP contribution is -2.12. The smallest absolute Gasteiger partial charge is 0.339 e. The molecule has 5 heteroatoms. The summed E-state index contributed by atoms with van der Waals surface area (Å²) in [6.45, 7) is 2.10. The van der Waals surface area contributed by atoms with Crippen LogP contribution in [-0.4, -0.2) is 17.0 Å². The molecule has 0 saturated heterocycles. The number of para-hydroxylation sites is 1. The molecule has 0 fully saturated rings. The Bertz CT molecular complexity index is 679. The Morgan fingerprint density at radius 3 is 2.43 bits per heavy atom. The lowest BCUT2D eigenvalue weighted by molar-refractivity contribution is -0.134. The molecule has 5 nitrogen and oxygen atoms in total. The SMILES string of the molecule is CCCC(=O)Oc1c(OCc2ccccc2)cccc1C(=O)O. The fourth-order valence-electron chi connectivity index (χ4n) is 2.01. The van der Waals surface area contributed by atoms with E-state index in [1.165, 1.54) is 6.07 Å². The third-order valence-electron chi connectivity index (χ3n) is 3.12. The van der Waals surface area contributed by atoms with Crippen molar-refractivity contribution in [2.45, 2.75) is 26.4 Å². The third kappa shape index (κ3) is 4.57. The van der Waals surface area contributed by atoms with E-state index < -0.39 is 11.9 Å². The van der Waals surface area contributed by atoms with Gasteiger partial charge in [-0.25, -0.2) is 4.79 Å². The van der Waals surface area contributed by atoms with Gasteiger partial charge in [-0.2, -0.15) is 0 Å². The zero-order chi connectivity index (χ0) is 16.7. The van der Waals surface area contributed by atoms with E-state index in [1.54, 1.807) is 12.1 Å². The molecule has 1 N–H and O–H groups in total. The van der Waals surface area contributed by atoms with E-state index >= 15 is 0 Å². The second-order valence-corrected chi connectivity index (χ2v) is 4.94. The predicted molar refractivity (Wildman–Crippen MR) is 84.7 cm³/mol. The van der Waals surface area contributed by atoms with Crippen LogP contribution < -0.4 is 9.47 Å². The minimum absolute atomic E-state index is 0.0469. The van der Waals surface area contributed by atoms with E-state index in [4.69, 9.17) is 9.47 Å². The van der Waals surface area contributed by atoms with Crippen LogP contribution in [0.1, 0.15) is 35.7 Å². The molecule has 0 heterocycles. The zero-order valence-corrected chi connectivity index (χ0v) is 12.8. The van der Waals surface area contributed by atoms with Gasteiger partial charge in [0, 0.05) is 6.42 Å². The first-order valence-electron chi connectivity index (χ1n) is 7.35. The molecule has 0 unspecified atom stereocenters. The number of hydrogen-bond acceptors (Lipinski definition) is 4. The van der Waals surface area contributed by atoms with Crippen molar-refractivity contribution in [1.82, 2.24) is 0 Å². The fourth-order valence-corrected chi connectivity index (χ4v) is 2.01. The van der Waals surface area contributed by atoms with Crippen molar-refractivity contribution in [2.24, 2.45) is 0 Å². The molecule has 0 spiro atoms. The van der Waals surface area contributed by atoms with E-state index in [0.29, 0.717) is 6.42 Å². The van der Waals surface area contributed by atoms with Crippen LogP contribution in [0.25, 0.3) is 0 Å². The van der Waals surface area contributed by atoms with Crippen LogP contribution in [0.2, 0.25) is 0 Å². The van der Waals surface area contributed by atoms with Gasteiger partial charge in [0.2, 0.25) is 0 Å². The molecule has 2 aromatic rings. The summed E-state index contributed by atoms with van der Waals surface area (Å²) in [4.78, 5) is 23.1. The average Bonchev–Trinajstić information content (AvgIpc) is 2.54. The van der Waals surface area contributed by atoms with Crippen molar-refractivity contribution in [3.8, 4) is 11.5 Å². The number of aromatic carboxylic acids is 1. The number of ether oxygens (including phenoxy) is 2. The molecule has 120 valence electrons. The molecule has 0 amide bonds. The Kier molecular flexibility index (Phi) is 5.74. The van der Waals surface area contributed by atoms with Gasteiger partial charge in [0.25, 0.3) is 0 Å². The number of hydrogen-bond donors (Lipinski definition) is 1. The van der Waals surface area contributed by atoms with Gasteiger partial charge in [-0.3, -0.25) is 4.79 Å². The molecular weight excluding hydrogens is 296 g/mol. The van der Waals surface area contributed by atoms with Crippen molar-refractivity contribution in [1.29, 1.82) is 0 Å². The molecule has 0 aliphatic rings. The molecule has 0 radical (unpaired) electrons. The lowest BCUT2D eigenvalue weighted by atomic mass is 10.2. The first kappa shape index (κ1) is 16.5. The normalized spacial score (nSPS) is 10.1. The van der Waals surface area contributed by atoms with Crippen molar-refractivity contribution in [3.05, 3.63) is 59.7 Å². The highest BCUT2D eigenvalue weighted by atomic mass is 16.6. The summed E-state index contributed by atoms with van der Waals surface area (Å²) in [5.41, 5.74) is 0.832. The van der Waals surface area contributed by atoms with Gasteiger partial charge in [0.05, 0.1) is 0 Å². The number of carbonyl (C=O) groups excluding carboxylic acids is 1. The number of carboxylic acids is 1. The largest absolute Gasteiger partial charge is 0.485 e. The molecule has 23 heavy (non-hydrogen) atoms. The Labute approximate surface area is 134 Å². The third-order valence-corrected chi connectivity index (χ3v) is 3.12. The maximum Gasteiger partial charge on any atom is 0.339 e. The molecular formula is C18H18O5. The molecule has 0 aromatic heterocycles. The number of benzene rings is 2. The zero-order valence-electron chi connectivity index (χ0n) is 12.8. The van der Waals surface area contributed by atoms with Crippen molar-refractivity contribution >= 4 is 11.9 Å². The fraction of sp³-hybridized carbons (Fsp3) is 0.222. The maximum atomic E-state index is 11.7. The van der Waals surface area contributed by atoms with Crippen molar-refractivity contribution in [3.63, 3.8) is 0 Å². The summed E-state index contributed by atoms with van der Waals surface area (Å²) in [7, 11) is 0. The predicted octanol–water partition coefficient (Wildman–Crippen LogP) is 3.67. The van der Waals surface area contributed by atoms with Gasteiger partial charge in [0.1, 0.15) is 12.2 Å². The topological polar surface area (TPSA) is 72.8 Å². The van der Waals surface area contributed by atoms with Crippen molar-refractivity contribution in [2.75, 3.05) is 0 Å². The highest BCUT2D eigenvalue weighted by molar-refractivity contribution is 5.93. The lowest BCUT2D eigenvalue weighted by Gasteiger charge is -2.13. The van der Waals surface area contributed by atoms with Gasteiger partial charge in [-0.1, -0.05) is 43.3 Å². The second kappa shape index (κ2) is 7.98. The number of carboxylic acid groups (broad SMARTS) is 1. The molecule has 0 atom stereocenters. The minimum atomic E-state index is -1.17. The maximum absolute atomic E-state index is 11.7. The Morgan fingerprint density at radius 2 is 1.78 bits per heavy atom. The van der Waals surface area contributed by atoms with Gasteiger partial charge in [-0.05, 0) is 24.1 Å². The summed E-state index contributed by atoms with van der Waals surface area (Å²) >= 11 is 0. The Hall–Kier alpha value is -2.82. The summed E-state index contributed by atoms with van der Waals surface area (Å²) < 4.78 is 10.9. The van der Waals surface area contributed by atoms with E-state index in [2.05, 4.69) is 0 Å². The second-order valence-electron chi connectivity index (χ2n) is 4.94. The summed E-state index contributed by atoms with van der Waals surface area (Å²) in [5, 5.41) is 9.27. The summed E-state index contributed by atoms with van der Waals surface area (Å²) in [6, 6.07) is 14.0. The average molecular weight is 314 g/mol. The van der Waals surface area contributed by atoms with Crippen LogP contribution in [0.15, 0.2) is 48.5 Å². The number of rotatable bonds is 7. The first-order valence-corrected chi connectivity index (χ1v) is 7.35. The number of esters is 1. The Morgan fingerprint density at radius 1 is 1.04 bits per heavy atom. The molecule has 0 saturated carbocycles. The van der Waals surface area contributed by atoms with Crippen LogP contribution in [-0.2, 0) is 11.4 Å². The van der Waals surface area contributed by atoms with Crippen LogP contribution in [0.3, 0.4) is 0 Å². The van der Waals surface area contributed by atoms with E-state index in [1.807, 2.05) is 37.3 Å². The first-order chi connectivity index (χ1) is 11.1.